The van der Waals surface area contributed by atoms with Crippen LogP contribution in [0.15, 0.2) is 65.3 Å². The van der Waals surface area contributed by atoms with Crippen molar-refractivity contribution in [3.63, 3.8) is 0 Å². The molecule has 2 aromatic carbocycles. The molecule has 0 bridgehead atoms. The van der Waals surface area contributed by atoms with E-state index in [-0.39, 0.29) is 5.56 Å². The van der Waals surface area contributed by atoms with E-state index in [1.807, 2.05) is 36.2 Å². The summed E-state index contributed by atoms with van der Waals surface area (Å²) in [7, 11) is 1.92. The van der Waals surface area contributed by atoms with Gasteiger partial charge in [0, 0.05) is 24.0 Å². The van der Waals surface area contributed by atoms with Crippen LogP contribution in [-0.4, -0.2) is 18.5 Å². The number of alkyl halides is 3. The summed E-state index contributed by atoms with van der Waals surface area (Å²) in [6.07, 6.45) is 0.645. The van der Waals surface area contributed by atoms with E-state index in [0.717, 1.165) is 22.6 Å². The maximum absolute atomic E-state index is 13.0. The highest BCUT2D eigenvalue weighted by Gasteiger charge is 2.32. The molecule has 1 heterocycles. The van der Waals surface area contributed by atoms with Crippen molar-refractivity contribution >= 4 is 17.0 Å². The molecule has 25 heavy (non-hydrogen) atoms. The van der Waals surface area contributed by atoms with Gasteiger partial charge in [-0.25, -0.2) is 0 Å². The van der Waals surface area contributed by atoms with Gasteiger partial charge in [0.25, 0.3) is 0 Å². The lowest BCUT2D eigenvalue weighted by Gasteiger charge is -2.14. The van der Waals surface area contributed by atoms with Crippen molar-refractivity contribution in [3.8, 4) is 0 Å². The summed E-state index contributed by atoms with van der Waals surface area (Å²) >= 11 is 0. The summed E-state index contributed by atoms with van der Waals surface area (Å²) in [4.78, 5) is 2.02. The van der Waals surface area contributed by atoms with E-state index in [9.17, 15) is 13.2 Å². The predicted octanol–water partition coefficient (Wildman–Crippen LogP) is 5.60. The Labute approximate surface area is 144 Å². The number of fused-ring (bicyclic) bond motifs is 1. The molecule has 0 spiro atoms. The second-order valence-corrected chi connectivity index (χ2v) is 5.94. The third kappa shape index (κ3) is 4.12. The maximum atomic E-state index is 13.0. The summed E-state index contributed by atoms with van der Waals surface area (Å²) < 4.78 is 44.4. The number of furan rings is 1. The number of nitrogens with zero attached hydrogens (tertiary/aromatic N) is 1. The highest BCUT2D eigenvalue weighted by atomic mass is 19.4. The van der Waals surface area contributed by atoms with Crippen molar-refractivity contribution in [1.82, 2.24) is 4.90 Å². The highest BCUT2D eigenvalue weighted by molar-refractivity contribution is 5.80. The van der Waals surface area contributed by atoms with Crippen molar-refractivity contribution in [2.75, 3.05) is 13.6 Å². The first-order chi connectivity index (χ1) is 11.9. The molecule has 0 unspecified atom stereocenters. The summed E-state index contributed by atoms with van der Waals surface area (Å²) in [5, 5.41) is 1.06. The number of likely N-dealkylation sites (N-methyl/N-ethyl adjacent to an activating group) is 1. The molecule has 0 saturated carbocycles. The molecule has 5 heteroatoms. The Bertz CT molecular complexity index is 880. The minimum Gasteiger partial charge on any atom is -0.464 e. The van der Waals surface area contributed by atoms with E-state index in [1.54, 1.807) is 18.4 Å². The second-order valence-electron chi connectivity index (χ2n) is 5.94. The molecule has 0 amide bonds. The molecule has 0 radical (unpaired) electrons. The zero-order chi connectivity index (χ0) is 17.9. The number of halogens is 3. The summed E-state index contributed by atoms with van der Waals surface area (Å²) in [6, 6.07) is 13.4. The first-order valence-electron chi connectivity index (χ1n) is 7.91. The van der Waals surface area contributed by atoms with Crippen molar-refractivity contribution in [2.45, 2.75) is 12.7 Å². The Kier molecular flexibility index (Phi) is 4.95. The molecule has 0 saturated heterocycles. The van der Waals surface area contributed by atoms with E-state index in [0.29, 0.717) is 13.1 Å². The first-order valence-corrected chi connectivity index (χ1v) is 7.91. The van der Waals surface area contributed by atoms with Crippen molar-refractivity contribution in [1.29, 1.82) is 0 Å². The Hall–Kier alpha value is -2.53. The zero-order valence-electron chi connectivity index (χ0n) is 13.8. The number of benzene rings is 2. The SMILES string of the molecule is CN(CC=Cc1ccccc1C(F)(F)F)Cc1coc2ccccc12. The average Bonchev–Trinajstić information content (AvgIpc) is 2.97. The monoisotopic (exact) mass is 345 g/mol. The topological polar surface area (TPSA) is 16.4 Å². The first kappa shape index (κ1) is 17.3. The molecule has 0 aliphatic heterocycles. The lowest BCUT2D eigenvalue weighted by molar-refractivity contribution is -0.137. The molecular weight excluding hydrogens is 327 g/mol. The smallest absolute Gasteiger partial charge is 0.416 e. The van der Waals surface area contributed by atoms with Gasteiger partial charge in [0.2, 0.25) is 0 Å². The molecule has 1 aromatic heterocycles. The van der Waals surface area contributed by atoms with Crippen LogP contribution in [0.25, 0.3) is 17.0 Å². The number of hydrogen-bond acceptors (Lipinski definition) is 2. The van der Waals surface area contributed by atoms with Gasteiger partial charge in [-0.15, -0.1) is 0 Å². The molecule has 130 valence electrons. The van der Waals surface area contributed by atoms with E-state index in [2.05, 4.69) is 0 Å². The van der Waals surface area contributed by atoms with Gasteiger partial charge < -0.3 is 4.42 Å². The third-order valence-corrected chi connectivity index (χ3v) is 3.98. The fourth-order valence-corrected chi connectivity index (χ4v) is 2.77. The van der Waals surface area contributed by atoms with E-state index < -0.39 is 11.7 Å². The van der Waals surface area contributed by atoms with Crippen LogP contribution in [0.2, 0.25) is 0 Å². The van der Waals surface area contributed by atoms with E-state index in [1.165, 1.54) is 18.2 Å². The van der Waals surface area contributed by atoms with Crippen LogP contribution in [0.3, 0.4) is 0 Å². The minimum atomic E-state index is -4.34. The van der Waals surface area contributed by atoms with Gasteiger partial charge in [-0.05, 0) is 24.7 Å². The van der Waals surface area contributed by atoms with Gasteiger partial charge in [0.15, 0.2) is 0 Å². The second kappa shape index (κ2) is 7.15. The van der Waals surface area contributed by atoms with Crippen LogP contribution >= 0.6 is 0 Å². The van der Waals surface area contributed by atoms with Crippen LogP contribution in [0.4, 0.5) is 13.2 Å². The highest BCUT2D eigenvalue weighted by Crippen LogP contribution is 2.32. The maximum Gasteiger partial charge on any atom is 0.416 e. The molecule has 3 rings (SSSR count). The summed E-state index contributed by atoms with van der Waals surface area (Å²) in [5.41, 5.74) is 1.45. The Morgan fingerprint density at radius 2 is 1.76 bits per heavy atom. The quantitative estimate of drug-likeness (QED) is 0.599. The van der Waals surface area contributed by atoms with Gasteiger partial charge in [0.05, 0.1) is 11.8 Å². The Balaban J connectivity index is 1.67. The fourth-order valence-electron chi connectivity index (χ4n) is 2.77. The zero-order valence-corrected chi connectivity index (χ0v) is 13.8. The lowest BCUT2D eigenvalue weighted by Crippen LogP contribution is -2.17. The van der Waals surface area contributed by atoms with Crippen LogP contribution in [0.1, 0.15) is 16.7 Å². The van der Waals surface area contributed by atoms with Gasteiger partial charge in [0.1, 0.15) is 5.58 Å². The molecule has 0 N–H and O–H groups in total. The Morgan fingerprint density at radius 3 is 2.56 bits per heavy atom. The normalized spacial score (nSPS) is 12.5. The van der Waals surface area contributed by atoms with Crippen LogP contribution in [0, 0.1) is 0 Å². The minimum absolute atomic E-state index is 0.178. The van der Waals surface area contributed by atoms with Gasteiger partial charge in [-0.3, -0.25) is 4.90 Å². The molecular formula is C20H18F3NO. The van der Waals surface area contributed by atoms with Crippen molar-refractivity contribution in [2.24, 2.45) is 0 Å². The largest absolute Gasteiger partial charge is 0.464 e. The standard InChI is InChI=1S/C20H18F3NO/c1-24(13-16-14-25-19-11-5-3-9-17(16)19)12-6-8-15-7-2-4-10-18(15)20(21,22)23/h2-11,14H,12-13H2,1H3. The third-order valence-electron chi connectivity index (χ3n) is 3.98. The predicted molar refractivity (Wildman–Crippen MR) is 93.0 cm³/mol. The van der Waals surface area contributed by atoms with Crippen molar-refractivity contribution in [3.05, 3.63) is 77.6 Å². The Morgan fingerprint density at radius 1 is 1.04 bits per heavy atom. The summed E-state index contributed by atoms with van der Waals surface area (Å²) in [6.45, 7) is 1.19. The number of para-hydroxylation sites is 1. The van der Waals surface area contributed by atoms with Crippen LogP contribution in [0.5, 0.6) is 0 Å². The van der Waals surface area contributed by atoms with E-state index in [4.69, 9.17) is 4.42 Å². The molecule has 0 aliphatic carbocycles. The van der Waals surface area contributed by atoms with Gasteiger partial charge in [-0.1, -0.05) is 48.6 Å². The van der Waals surface area contributed by atoms with Crippen LogP contribution < -0.4 is 0 Å². The average molecular weight is 345 g/mol. The van der Waals surface area contributed by atoms with Gasteiger partial charge >= 0.3 is 6.18 Å². The number of hydrogen-bond donors (Lipinski definition) is 0. The molecule has 0 fully saturated rings. The number of rotatable bonds is 5. The molecule has 0 atom stereocenters. The van der Waals surface area contributed by atoms with Crippen molar-refractivity contribution < 1.29 is 17.6 Å². The summed E-state index contributed by atoms with van der Waals surface area (Å²) in [5.74, 6) is 0. The fraction of sp³-hybridized carbons (Fsp3) is 0.200. The molecule has 3 aromatic rings. The van der Waals surface area contributed by atoms with Gasteiger partial charge in [-0.2, -0.15) is 13.2 Å². The van der Waals surface area contributed by atoms with E-state index >= 15 is 0 Å². The lowest BCUT2D eigenvalue weighted by atomic mass is 10.1. The van der Waals surface area contributed by atoms with Crippen LogP contribution in [-0.2, 0) is 12.7 Å². The molecule has 0 aliphatic rings. The molecule has 2 nitrogen and oxygen atoms in total.